The Morgan fingerprint density at radius 2 is 2.11 bits per heavy atom. The number of thioether (sulfide) groups is 1. The summed E-state index contributed by atoms with van der Waals surface area (Å²) in [5.41, 5.74) is 5.45. The van der Waals surface area contributed by atoms with Gasteiger partial charge < -0.3 is 5.73 Å². The van der Waals surface area contributed by atoms with Crippen LogP contribution < -0.4 is 5.73 Å². The fourth-order valence-corrected chi connectivity index (χ4v) is 1.93. The topological polar surface area (TPSA) is 43.1 Å². The summed E-state index contributed by atoms with van der Waals surface area (Å²) < 4.78 is 37.3. The van der Waals surface area contributed by atoms with Crippen molar-refractivity contribution < 1.29 is 18.0 Å². The molecule has 0 aromatic heterocycles. The van der Waals surface area contributed by atoms with Gasteiger partial charge in [-0.1, -0.05) is 30.0 Å². The standard InChI is InChI=1S/C13H14F3NOS/c1-9(18)19-7-3-2-4-10-5-6-11(8-12(10)17)13(14,15)16/h2,4-6,8H,3,7,17H2,1H3. The molecule has 0 radical (unpaired) electrons. The number of benzene rings is 1. The van der Waals surface area contributed by atoms with Gasteiger partial charge in [-0.05, 0) is 24.1 Å². The van der Waals surface area contributed by atoms with Gasteiger partial charge >= 0.3 is 6.18 Å². The van der Waals surface area contributed by atoms with Crippen LogP contribution in [0.15, 0.2) is 24.3 Å². The minimum Gasteiger partial charge on any atom is -0.398 e. The Labute approximate surface area is 113 Å². The maximum atomic E-state index is 12.4. The van der Waals surface area contributed by atoms with Crippen LogP contribution in [0, 0.1) is 0 Å². The quantitative estimate of drug-likeness (QED) is 0.673. The van der Waals surface area contributed by atoms with Crippen molar-refractivity contribution in [3.63, 3.8) is 0 Å². The first-order valence-electron chi connectivity index (χ1n) is 5.57. The van der Waals surface area contributed by atoms with Crippen LogP contribution in [-0.4, -0.2) is 10.9 Å². The predicted octanol–water partition coefficient (Wildman–Crippen LogP) is 3.97. The monoisotopic (exact) mass is 289 g/mol. The SMILES string of the molecule is CC(=O)SCCC=Cc1ccc(C(F)(F)F)cc1N. The normalized spacial score (nSPS) is 12.0. The van der Waals surface area contributed by atoms with Crippen molar-refractivity contribution >= 4 is 28.6 Å². The number of rotatable bonds is 4. The van der Waals surface area contributed by atoms with Gasteiger partial charge in [-0.25, -0.2) is 0 Å². The average Bonchev–Trinajstić information content (AvgIpc) is 2.28. The Bertz CT molecular complexity index is 483. The minimum atomic E-state index is -4.38. The van der Waals surface area contributed by atoms with Crippen LogP contribution in [0.2, 0.25) is 0 Å². The van der Waals surface area contributed by atoms with E-state index in [1.807, 2.05) is 0 Å². The van der Waals surface area contributed by atoms with Crippen LogP contribution >= 0.6 is 11.8 Å². The van der Waals surface area contributed by atoms with E-state index in [1.54, 1.807) is 12.2 Å². The van der Waals surface area contributed by atoms with Crippen molar-refractivity contribution in [2.24, 2.45) is 0 Å². The molecule has 0 heterocycles. The zero-order valence-electron chi connectivity index (χ0n) is 10.3. The molecule has 1 aromatic carbocycles. The largest absolute Gasteiger partial charge is 0.416 e. The number of allylic oxidation sites excluding steroid dienone is 1. The fourth-order valence-electron chi connectivity index (χ4n) is 1.38. The molecule has 19 heavy (non-hydrogen) atoms. The van der Waals surface area contributed by atoms with E-state index in [9.17, 15) is 18.0 Å². The summed E-state index contributed by atoms with van der Waals surface area (Å²) in [5.74, 6) is 0.645. The number of nitrogens with two attached hydrogens (primary N) is 1. The number of carbonyl (C=O) groups excluding carboxylic acids is 1. The summed E-state index contributed by atoms with van der Waals surface area (Å²) in [5, 5.41) is 0.0439. The number of halogens is 3. The Morgan fingerprint density at radius 1 is 1.42 bits per heavy atom. The first kappa shape index (κ1) is 15.6. The number of nitrogen functional groups attached to an aromatic ring is 1. The second kappa shape index (κ2) is 6.65. The molecule has 2 nitrogen and oxygen atoms in total. The van der Waals surface area contributed by atoms with Crippen molar-refractivity contribution in [1.29, 1.82) is 0 Å². The summed E-state index contributed by atoms with van der Waals surface area (Å²) in [7, 11) is 0. The lowest BCUT2D eigenvalue weighted by Crippen LogP contribution is -2.05. The number of hydrogen-bond donors (Lipinski definition) is 1. The van der Waals surface area contributed by atoms with Gasteiger partial charge in [0.15, 0.2) is 5.12 Å². The smallest absolute Gasteiger partial charge is 0.398 e. The molecule has 0 aliphatic carbocycles. The van der Waals surface area contributed by atoms with Gasteiger partial charge in [0.25, 0.3) is 0 Å². The van der Waals surface area contributed by atoms with Crippen LogP contribution in [-0.2, 0) is 11.0 Å². The molecular formula is C13H14F3NOS. The van der Waals surface area contributed by atoms with Gasteiger partial charge in [0.2, 0.25) is 0 Å². The van der Waals surface area contributed by atoms with Gasteiger partial charge in [0.05, 0.1) is 5.56 Å². The predicted molar refractivity (Wildman–Crippen MR) is 72.6 cm³/mol. The zero-order chi connectivity index (χ0) is 14.5. The van der Waals surface area contributed by atoms with E-state index in [4.69, 9.17) is 5.73 Å². The van der Waals surface area contributed by atoms with Crippen LogP contribution in [0.5, 0.6) is 0 Å². The van der Waals surface area contributed by atoms with E-state index >= 15 is 0 Å². The average molecular weight is 289 g/mol. The van der Waals surface area contributed by atoms with Crippen molar-refractivity contribution in [1.82, 2.24) is 0 Å². The third kappa shape index (κ3) is 5.38. The van der Waals surface area contributed by atoms with Crippen LogP contribution in [0.1, 0.15) is 24.5 Å². The number of anilines is 1. The maximum absolute atomic E-state index is 12.4. The van der Waals surface area contributed by atoms with Crippen LogP contribution in [0.3, 0.4) is 0 Å². The molecule has 0 unspecified atom stereocenters. The summed E-state index contributed by atoms with van der Waals surface area (Å²) in [6.07, 6.45) is -0.274. The van der Waals surface area contributed by atoms with E-state index in [0.717, 1.165) is 12.1 Å². The first-order chi connectivity index (χ1) is 8.80. The Balaban J connectivity index is 2.65. The molecule has 1 rings (SSSR count). The van der Waals surface area contributed by atoms with Crippen molar-refractivity contribution in [3.8, 4) is 0 Å². The Hall–Kier alpha value is -1.43. The summed E-state index contributed by atoms with van der Waals surface area (Å²) in [6.45, 7) is 1.49. The molecule has 0 spiro atoms. The third-order valence-corrected chi connectivity index (χ3v) is 3.15. The number of hydrogen-bond acceptors (Lipinski definition) is 3. The molecule has 2 N–H and O–H groups in total. The second-order valence-electron chi connectivity index (χ2n) is 3.87. The molecule has 0 aliphatic heterocycles. The molecule has 104 valence electrons. The van der Waals surface area contributed by atoms with E-state index in [1.165, 1.54) is 24.8 Å². The van der Waals surface area contributed by atoms with Crippen LogP contribution in [0.25, 0.3) is 6.08 Å². The van der Waals surface area contributed by atoms with Gasteiger partial charge in [0, 0.05) is 18.4 Å². The summed E-state index contributed by atoms with van der Waals surface area (Å²) in [4.78, 5) is 10.7. The molecule has 0 saturated carbocycles. The lowest BCUT2D eigenvalue weighted by Gasteiger charge is -2.08. The highest BCUT2D eigenvalue weighted by Gasteiger charge is 2.30. The highest BCUT2D eigenvalue weighted by atomic mass is 32.2. The van der Waals surface area contributed by atoms with Crippen molar-refractivity contribution in [3.05, 3.63) is 35.4 Å². The molecule has 0 saturated heterocycles. The number of carbonyl (C=O) groups is 1. The highest BCUT2D eigenvalue weighted by molar-refractivity contribution is 8.13. The zero-order valence-corrected chi connectivity index (χ0v) is 11.1. The molecule has 0 aliphatic rings. The van der Waals surface area contributed by atoms with E-state index < -0.39 is 11.7 Å². The Morgan fingerprint density at radius 3 is 2.63 bits per heavy atom. The minimum absolute atomic E-state index is 0.0439. The summed E-state index contributed by atoms with van der Waals surface area (Å²) >= 11 is 1.21. The lowest BCUT2D eigenvalue weighted by molar-refractivity contribution is -0.137. The molecular weight excluding hydrogens is 275 g/mol. The highest BCUT2D eigenvalue weighted by Crippen LogP contribution is 2.31. The van der Waals surface area contributed by atoms with Crippen LogP contribution in [0.4, 0.5) is 18.9 Å². The van der Waals surface area contributed by atoms with Gasteiger partial charge in [0.1, 0.15) is 0 Å². The lowest BCUT2D eigenvalue weighted by atomic mass is 10.1. The molecule has 0 atom stereocenters. The fraction of sp³-hybridized carbons (Fsp3) is 0.308. The summed E-state index contributed by atoms with van der Waals surface area (Å²) in [6, 6.07) is 3.26. The molecule has 0 bridgehead atoms. The van der Waals surface area contributed by atoms with Crippen molar-refractivity contribution in [2.45, 2.75) is 19.5 Å². The molecule has 6 heteroatoms. The maximum Gasteiger partial charge on any atom is 0.416 e. The van der Waals surface area contributed by atoms with Crippen molar-refractivity contribution in [2.75, 3.05) is 11.5 Å². The van der Waals surface area contributed by atoms with Gasteiger partial charge in [-0.15, -0.1) is 0 Å². The second-order valence-corrected chi connectivity index (χ2v) is 5.14. The Kier molecular flexibility index (Phi) is 5.47. The van der Waals surface area contributed by atoms with E-state index in [2.05, 4.69) is 0 Å². The van der Waals surface area contributed by atoms with E-state index in [-0.39, 0.29) is 10.8 Å². The van der Waals surface area contributed by atoms with Gasteiger partial charge in [-0.2, -0.15) is 13.2 Å². The van der Waals surface area contributed by atoms with Gasteiger partial charge in [-0.3, -0.25) is 4.79 Å². The molecule has 0 fully saturated rings. The third-order valence-electron chi connectivity index (χ3n) is 2.30. The number of alkyl halides is 3. The van der Waals surface area contributed by atoms with E-state index in [0.29, 0.717) is 17.7 Å². The molecule has 1 aromatic rings. The molecule has 0 amide bonds. The first-order valence-corrected chi connectivity index (χ1v) is 6.56.